The van der Waals surface area contributed by atoms with Crippen LogP contribution < -0.4 is 0 Å². The molecular formula is C14H28O4. The second kappa shape index (κ2) is 10.7. The van der Waals surface area contributed by atoms with E-state index >= 15 is 0 Å². The first kappa shape index (κ1) is 15.9. The average molecular weight is 260 g/mol. The molecule has 1 rings (SSSR count). The molecule has 0 aliphatic heterocycles. The Morgan fingerprint density at radius 3 is 1.89 bits per heavy atom. The SMILES string of the molecule is CCOOCC(COOCC)CC1CCCCC1. The normalized spacial score (nSPS) is 17.5. The van der Waals surface area contributed by atoms with Gasteiger partial charge in [0.15, 0.2) is 0 Å². The van der Waals surface area contributed by atoms with Crippen LogP contribution in [0, 0.1) is 11.8 Å². The lowest BCUT2D eigenvalue weighted by atomic mass is 9.83. The van der Waals surface area contributed by atoms with Crippen LogP contribution in [0.1, 0.15) is 52.4 Å². The van der Waals surface area contributed by atoms with E-state index in [0.29, 0.717) is 32.3 Å². The monoisotopic (exact) mass is 260 g/mol. The van der Waals surface area contributed by atoms with Crippen molar-refractivity contribution in [2.75, 3.05) is 26.4 Å². The molecule has 4 heteroatoms. The van der Waals surface area contributed by atoms with Gasteiger partial charge < -0.3 is 0 Å². The van der Waals surface area contributed by atoms with Crippen LogP contribution in [-0.2, 0) is 19.6 Å². The Bertz CT molecular complexity index is 171. The summed E-state index contributed by atoms with van der Waals surface area (Å²) in [6, 6.07) is 0. The highest BCUT2D eigenvalue weighted by molar-refractivity contribution is 4.70. The molecule has 0 aromatic carbocycles. The lowest BCUT2D eigenvalue weighted by Crippen LogP contribution is -2.21. The van der Waals surface area contributed by atoms with Crippen LogP contribution in [0.3, 0.4) is 0 Å². The van der Waals surface area contributed by atoms with Gasteiger partial charge in [0.05, 0.1) is 26.4 Å². The Morgan fingerprint density at radius 2 is 1.39 bits per heavy atom. The van der Waals surface area contributed by atoms with E-state index in [1.54, 1.807) is 0 Å². The quantitative estimate of drug-likeness (QED) is 0.342. The molecular weight excluding hydrogens is 232 g/mol. The fourth-order valence-electron chi connectivity index (χ4n) is 2.53. The van der Waals surface area contributed by atoms with Gasteiger partial charge in [-0.1, -0.05) is 32.1 Å². The zero-order valence-electron chi connectivity index (χ0n) is 11.9. The Hall–Kier alpha value is -0.160. The molecule has 0 bridgehead atoms. The lowest BCUT2D eigenvalue weighted by molar-refractivity contribution is -0.324. The maximum Gasteiger partial charge on any atom is 0.0873 e. The van der Waals surface area contributed by atoms with Gasteiger partial charge in [-0.05, 0) is 26.2 Å². The van der Waals surface area contributed by atoms with Gasteiger partial charge >= 0.3 is 0 Å². The second-order valence-corrected chi connectivity index (χ2v) is 4.99. The van der Waals surface area contributed by atoms with Gasteiger partial charge in [0.2, 0.25) is 0 Å². The van der Waals surface area contributed by atoms with E-state index in [1.807, 2.05) is 13.8 Å². The first-order chi connectivity index (χ1) is 8.86. The molecule has 0 spiro atoms. The highest BCUT2D eigenvalue weighted by Gasteiger charge is 2.20. The van der Waals surface area contributed by atoms with Crippen molar-refractivity contribution in [3.05, 3.63) is 0 Å². The molecule has 0 atom stereocenters. The van der Waals surface area contributed by atoms with Crippen LogP contribution in [-0.4, -0.2) is 26.4 Å². The lowest BCUT2D eigenvalue weighted by Gasteiger charge is -2.25. The Kier molecular flexibility index (Phi) is 9.48. The van der Waals surface area contributed by atoms with Crippen molar-refractivity contribution in [1.82, 2.24) is 0 Å². The summed E-state index contributed by atoms with van der Waals surface area (Å²) in [6.45, 7) is 6.21. The third-order valence-corrected chi connectivity index (χ3v) is 3.40. The van der Waals surface area contributed by atoms with E-state index in [4.69, 9.17) is 19.6 Å². The van der Waals surface area contributed by atoms with Crippen molar-refractivity contribution in [3.8, 4) is 0 Å². The molecule has 0 aromatic rings. The summed E-state index contributed by atoms with van der Waals surface area (Å²) in [5.41, 5.74) is 0. The summed E-state index contributed by atoms with van der Waals surface area (Å²) in [7, 11) is 0. The van der Waals surface area contributed by atoms with Crippen LogP contribution >= 0.6 is 0 Å². The predicted molar refractivity (Wildman–Crippen MR) is 69.8 cm³/mol. The van der Waals surface area contributed by atoms with Gasteiger partial charge in [0.25, 0.3) is 0 Å². The summed E-state index contributed by atoms with van der Waals surface area (Å²) in [6.07, 6.45) is 7.98. The largest absolute Gasteiger partial charge is 0.237 e. The average Bonchev–Trinajstić information content (AvgIpc) is 2.40. The molecule has 0 saturated heterocycles. The minimum Gasteiger partial charge on any atom is -0.237 e. The van der Waals surface area contributed by atoms with Crippen LogP contribution in [0.25, 0.3) is 0 Å². The van der Waals surface area contributed by atoms with Crippen molar-refractivity contribution >= 4 is 0 Å². The Balaban J connectivity index is 2.22. The van der Waals surface area contributed by atoms with E-state index in [1.165, 1.54) is 32.1 Å². The van der Waals surface area contributed by atoms with Gasteiger partial charge in [0, 0.05) is 5.92 Å². The highest BCUT2D eigenvalue weighted by Crippen LogP contribution is 2.29. The van der Waals surface area contributed by atoms with Crippen molar-refractivity contribution in [3.63, 3.8) is 0 Å². The second-order valence-electron chi connectivity index (χ2n) is 4.99. The molecule has 18 heavy (non-hydrogen) atoms. The smallest absolute Gasteiger partial charge is 0.0873 e. The number of hydrogen-bond acceptors (Lipinski definition) is 4. The zero-order valence-corrected chi connectivity index (χ0v) is 11.9. The third kappa shape index (κ3) is 7.31. The maximum absolute atomic E-state index is 5.18. The summed E-state index contributed by atoms with van der Waals surface area (Å²) in [4.78, 5) is 20.3. The van der Waals surface area contributed by atoms with E-state index in [2.05, 4.69) is 0 Å². The van der Waals surface area contributed by atoms with Crippen molar-refractivity contribution in [2.45, 2.75) is 52.4 Å². The van der Waals surface area contributed by atoms with Gasteiger partial charge in [-0.25, -0.2) is 19.6 Å². The number of hydrogen-bond donors (Lipinski definition) is 0. The first-order valence-electron chi connectivity index (χ1n) is 7.35. The summed E-state index contributed by atoms with van der Waals surface area (Å²) in [5, 5.41) is 0. The Labute approximate surface area is 111 Å². The summed E-state index contributed by atoms with van der Waals surface area (Å²) in [5.74, 6) is 1.19. The molecule has 0 N–H and O–H groups in total. The summed E-state index contributed by atoms with van der Waals surface area (Å²) >= 11 is 0. The van der Waals surface area contributed by atoms with E-state index < -0.39 is 0 Å². The van der Waals surface area contributed by atoms with E-state index in [0.717, 1.165) is 12.3 Å². The topological polar surface area (TPSA) is 36.9 Å². The summed E-state index contributed by atoms with van der Waals surface area (Å²) < 4.78 is 0. The standard InChI is InChI=1S/C14H28O4/c1-3-15-17-11-14(12-18-16-4-2)10-13-8-6-5-7-9-13/h13-14H,3-12H2,1-2H3. The van der Waals surface area contributed by atoms with Crippen LogP contribution in [0.2, 0.25) is 0 Å². The van der Waals surface area contributed by atoms with Gasteiger partial charge in [0.1, 0.15) is 0 Å². The highest BCUT2D eigenvalue weighted by atomic mass is 17.2. The van der Waals surface area contributed by atoms with Crippen molar-refractivity contribution in [2.24, 2.45) is 11.8 Å². The molecule has 0 unspecified atom stereocenters. The minimum atomic E-state index is 0.367. The fraction of sp³-hybridized carbons (Fsp3) is 1.00. The van der Waals surface area contributed by atoms with Crippen LogP contribution in [0.15, 0.2) is 0 Å². The van der Waals surface area contributed by atoms with Gasteiger partial charge in [-0.2, -0.15) is 0 Å². The molecule has 1 aliphatic rings. The third-order valence-electron chi connectivity index (χ3n) is 3.40. The minimum absolute atomic E-state index is 0.367. The molecule has 4 nitrogen and oxygen atoms in total. The maximum atomic E-state index is 5.18. The molecule has 0 aromatic heterocycles. The van der Waals surface area contributed by atoms with Crippen LogP contribution in [0.5, 0.6) is 0 Å². The predicted octanol–water partition coefficient (Wildman–Crippen LogP) is 3.51. The fourth-order valence-corrected chi connectivity index (χ4v) is 2.53. The number of rotatable bonds is 10. The molecule has 1 fully saturated rings. The Morgan fingerprint density at radius 1 is 0.833 bits per heavy atom. The van der Waals surface area contributed by atoms with E-state index in [-0.39, 0.29) is 0 Å². The van der Waals surface area contributed by atoms with Crippen molar-refractivity contribution in [1.29, 1.82) is 0 Å². The van der Waals surface area contributed by atoms with Gasteiger partial charge in [-0.3, -0.25) is 0 Å². The van der Waals surface area contributed by atoms with Gasteiger partial charge in [-0.15, -0.1) is 0 Å². The molecule has 108 valence electrons. The molecule has 0 heterocycles. The molecule has 0 amide bonds. The molecule has 1 aliphatic carbocycles. The first-order valence-corrected chi connectivity index (χ1v) is 7.35. The van der Waals surface area contributed by atoms with Crippen LogP contribution in [0.4, 0.5) is 0 Å². The van der Waals surface area contributed by atoms with Crippen molar-refractivity contribution < 1.29 is 19.6 Å². The zero-order chi connectivity index (χ0) is 13.1. The van der Waals surface area contributed by atoms with E-state index in [9.17, 15) is 0 Å². The molecule has 0 radical (unpaired) electrons. The molecule has 1 saturated carbocycles.